The monoisotopic (exact) mass is 452 g/mol. The van der Waals surface area contributed by atoms with Crippen molar-refractivity contribution >= 4 is 29.2 Å². The van der Waals surface area contributed by atoms with Crippen molar-refractivity contribution in [3.63, 3.8) is 0 Å². The van der Waals surface area contributed by atoms with E-state index in [9.17, 15) is 9.59 Å². The van der Waals surface area contributed by atoms with Crippen LogP contribution in [0.3, 0.4) is 0 Å². The highest BCUT2D eigenvalue weighted by Gasteiger charge is 2.42. The molecule has 5 rings (SSSR count). The fraction of sp³-hybridized carbons (Fsp3) is 0.261. The number of carbonyl (C=O) groups excluding carboxylic acids is 2. The van der Waals surface area contributed by atoms with Crippen molar-refractivity contribution in [2.45, 2.75) is 18.9 Å². The summed E-state index contributed by atoms with van der Waals surface area (Å²) in [6.07, 6.45) is 0. The molecule has 0 unspecified atom stereocenters. The molecule has 0 bridgehead atoms. The van der Waals surface area contributed by atoms with Crippen LogP contribution in [0, 0.1) is 6.92 Å². The molecule has 1 aromatic heterocycles. The Morgan fingerprint density at radius 2 is 1.97 bits per heavy atom. The number of aryl methyl sites for hydroxylation is 2. The van der Waals surface area contributed by atoms with Crippen LogP contribution in [0.1, 0.15) is 33.1 Å². The molecule has 8 nitrogen and oxygen atoms in total. The van der Waals surface area contributed by atoms with Crippen molar-refractivity contribution in [1.29, 1.82) is 0 Å². The van der Waals surface area contributed by atoms with Gasteiger partial charge in [0.25, 0.3) is 5.91 Å². The lowest BCUT2D eigenvalue weighted by Crippen LogP contribution is -2.50. The quantitative estimate of drug-likeness (QED) is 0.637. The summed E-state index contributed by atoms with van der Waals surface area (Å²) >= 11 is 6.51. The normalized spacial score (nSPS) is 19.2. The second kappa shape index (κ2) is 7.87. The summed E-state index contributed by atoms with van der Waals surface area (Å²) in [7, 11) is 1.77. The molecule has 0 radical (unpaired) electrons. The van der Waals surface area contributed by atoms with Gasteiger partial charge in [-0.15, -0.1) is 0 Å². The van der Waals surface area contributed by atoms with E-state index in [1.165, 1.54) is 0 Å². The van der Waals surface area contributed by atoms with E-state index in [2.05, 4.69) is 15.7 Å². The first-order valence-corrected chi connectivity index (χ1v) is 10.6. The van der Waals surface area contributed by atoms with E-state index in [1.54, 1.807) is 42.1 Å². The van der Waals surface area contributed by atoms with Gasteiger partial charge in [-0.1, -0.05) is 29.8 Å². The molecule has 164 valence electrons. The third kappa shape index (κ3) is 3.36. The minimum atomic E-state index is -0.878. The zero-order valence-electron chi connectivity index (χ0n) is 17.5. The van der Waals surface area contributed by atoms with E-state index < -0.39 is 12.0 Å². The maximum absolute atomic E-state index is 13.2. The van der Waals surface area contributed by atoms with Crippen molar-refractivity contribution in [3.05, 3.63) is 69.9 Å². The molecule has 2 amide bonds. The molecule has 2 N–H and O–H groups in total. The smallest absolute Gasteiger partial charge is 0.251 e. The molecular formula is C23H21ClN4O4. The summed E-state index contributed by atoms with van der Waals surface area (Å²) < 4.78 is 13.0. The zero-order chi connectivity index (χ0) is 22.4. The molecule has 0 saturated heterocycles. The topological polar surface area (TPSA) is 94.5 Å². The van der Waals surface area contributed by atoms with Crippen molar-refractivity contribution in [2.24, 2.45) is 7.05 Å². The van der Waals surface area contributed by atoms with Gasteiger partial charge in [-0.05, 0) is 36.8 Å². The molecule has 0 spiro atoms. The number of rotatable bonds is 3. The lowest BCUT2D eigenvalue weighted by atomic mass is 9.81. The summed E-state index contributed by atoms with van der Waals surface area (Å²) in [6.45, 7) is 2.70. The van der Waals surface area contributed by atoms with Gasteiger partial charge in [0.1, 0.15) is 25.1 Å². The molecule has 2 atom stereocenters. The van der Waals surface area contributed by atoms with E-state index >= 15 is 0 Å². The van der Waals surface area contributed by atoms with Crippen molar-refractivity contribution in [2.75, 3.05) is 18.5 Å². The van der Waals surface area contributed by atoms with Crippen molar-refractivity contribution in [1.82, 2.24) is 15.1 Å². The lowest BCUT2D eigenvalue weighted by Gasteiger charge is -2.33. The van der Waals surface area contributed by atoms with Crippen LogP contribution >= 0.6 is 11.6 Å². The van der Waals surface area contributed by atoms with Gasteiger partial charge in [-0.3, -0.25) is 14.3 Å². The van der Waals surface area contributed by atoms with Gasteiger partial charge in [0.15, 0.2) is 11.5 Å². The summed E-state index contributed by atoms with van der Waals surface area (Å²) in [4.78, 5) is 26.1. The number of amides is 2. The molecule has 0 saturated carbocycles. The number of hydrogen-bond donors (Lipinski definition) is 2. The summed E-state index contributed by atoms with van der Waals surface area (Å²) in [5.74, 6) is 0.392. The molecule has 0 aliphatic carbocycles. The summed E-state index contributed by atoms with van der Waals surface area (Å²) in [5.41, 5.74) is 2.76. The number of carbonyl (C=O) groups is 2. The summed E-state index contributed by atoms with van der Waals surface area (Å²) in [6, 6.07) is 11.5. The second-order valence-electron chi connectivity index (χ2n) is 7.78. The number of anilines is 1. The minimum absolute atomic E-state index is 0.333. The fourth-order valence-corrected chi connectivity index (χ4v) is 4.61. The van der Waals surface area contributed by atoms with E-state index in [0.29, 0.717) is 41.1 Å². The molecule has 0 fully saturated rings. The third-order valence-electron chi connectivity index (χ3n) is 5.74. The van der Waals surface area contributed by atoms with Crippen LogP contribution in [0.15, 0.2) is 42.5 Å². The maximum Gasteiger partial charge on any atom is 0.251 e. The van der Waals surface area contributed by atoms with Gasteiger partial charge >= 0.3 is 0 Å². The summed E-state index contributed by atoms with van der Waals surface area (Å²) in [5, 5.41) is 10.7. The number of ether oxygens (including phenoxy) is 2. The Labute approximate surface area is 189 Å². The minimum Gasteiger partial charge on any atom is -0.486 e. The van der Waals surface area contributed by atoms with Crippen LogP contribution in [-0.2, 0) is 11.8 Å². The molecule has 2 aromatic carbocycles. The molecule has 9 heteroatoms. The van der Waals surface area contributed by atoms with E-state index in [1.807, 2.05) is 19.1 Å². The SMILES string of the molecule is Cc1nn(C)c2c1[C@@H](c1cc(Cl)c3c(c1)OCCO3)[C@H](NC(=O)c1ccccc1)C(=O)N2. The van der Waals surface area contributed by atoms with Crippen LogP contribution in [0.4, 0.5) is 5.82 Å². The Morgan fingerprint density at radius 1 is 1.22 bits per heavy atom. The van der Waals surface area contributed by atoms with Gasteiger partial charge in [0, 0.05) is 24.1 Å². The third-order valence-corrected chi connectivity index (χ3v) is 6.02. The number of nitrogens with one attached hydrogen (secondary N) is 2. The van der Waals surface area contributed by atoms with Crippen molar-refractivity contribution < 1.29 is 19.1 Å². The molecule has 32 heavy (non-hydrogen) atoms. The first-order valence-electron chi connectivity index (χ1n) is 10.2. The Balaban J connectivity index is 1.63. The number of halogens is 1. The average molecular weight is 453 g/mol. The number of fused-ring (bicyclic) bond motifs is 2. The van der Waals surface area contributed by atoms with Crippen LogP contribution < -0.4 is 20.1 Å². The number of hydrogen-bond acceptors (Lipinski definition) is 5. The van der Waals surface area contributed by atoms with Crippen LogP contribution in [0.5, 0.6) is 11.5 Å². The van der Waals surface area contributed by atoms with Crippen molar-refractivity contribution in [3.8, 4) is 11.5 Å². The van der Waals surface area contributed by atoms with Crippen LogP contribution in [0.25, 0.3) is 0 Å². The highest BCUT2D eigenvalue weighted by atomic mass is 35.5. The first-order chi connectivity index (χ1) is 15.4. The zero-order valence-corrected chi connectivity index (χ0v) is 18.3. The van der Waals surface area contributed by atoms with Crippen LogP contribution in [0.2, 0.25) is 5.02 Å². The Morgan fingerprint density at radius 3 is 2.75 bits per heavy atom. The van der Waals surface area contributed by atoms with E-state index in [-0.39, 0.29) is 11.8 Å². The highest BCUT2D eigenvalue weighted by Crippen LogP contribution is 2.45. The van der Waals surface area contributed by atoms with Gasteiger partial charge in [-0.25, -0.2) is 0 Å². The Hall–Kier alpha value is -3.52. The second-order valence-corrected chi connectivity index (χ2v) is 8.19. The predicted octanol–water partition coefficient (Wildman–Crippen LogP) is 3.04. The predicted molar refractivity (Wildman–Crippen MR) is 119 cm³/mol. The number of aromatic nitrogens is 2. The molecule has 3 heterocycles. The lowest BCUT2D eigenvalue weighted by molar-refractivity contribution is -0.118. The molecular weight excluding hydrogens is 432 g/mol. The Bertz CT molecular complexity index is 1220. The maximum atomic E-state index is 13.2. The number of nitrogens with zero attached hydrogens (tertiary/aromatic N) is 2. The van der Waals surface area contributed by atoms with Gasteiger partial charge in [0.05, 0.1) is 10.7 Å². The van der Waals surface area contributed by atoms with Crippen LogP contribution in [-0.4, -0.2) is 40.9 Å². The largest absolute Gasteiger partial charge is 0.486 e. The highest BCUT2D eigenvalue weighted by molar-refractivity contribution is 6.32. The van der Waals surface area contributed by atoms with E-state index in [4.69, 9.17) is 21.1 Å². The standard InChI is InChI=1S/C23H21ClN4O4/c1-12-17-18(14-10-15(24)20-16(11-14)31-8-9-32-20)19(23(30)26-21(17)28(2)27-12)25-22(29)13-6-4-3-5-7-13/h3-7,10-11,18-19H,8-9H2,1-2H3,(H,25,29)(H,26,30)/t18-,19+/m1/s1. The number of benzene rings is 2. The first kappa shape index (κ1) is 20.4. The average Bonchev–Trinajstić information content (AvgIpc) is 3.07. The molecule has 2 aliphatic heterocycles. The van der Waals surface area contributed by atoms with E-state index in [0.717, 1.165) is 16.8 Å². The van der Waals surface area contributed by atoms with Gasteiger partial charge < -0.3 is 20.1 Å². The Kier molecular flexibility index (Phi) is 5.01. The molecule has 3 aromatic rings. The molecule has 2 aliphatic rings. The fourth-order valence-electron chi connectivity index (χ4n) is 4.34. The van der Waals surface area contributed by atoms with Gasteiger partial charge in [-0.2, -0.15) is 5.10 Å². The van der Waals surface area contributed by atoms with Gasteiger partial charge in [0.2, 0.25) is 5.91 Å².